The predicted octanol–water partition coefficient (Wildman–Crippen LogP) is 2.84. The average Bonchev–Trinajstić information content (AvgIpc) is 2.46. The Morgan fingerprint density at radius 2 is 2.20 bits per heavy atom. The smallest absolute Gasteiger partial charge is 0.103 e. The Bertz CT molecular complexity index is 582. The number of hydrogen-bond acceptors (Lipinski definition) is 4. The van der Waals surface area contributed by atoms with Crippen LogP contribution >= 0.6 is 0 Å². The number of nitrogens with zero attached hydrogens (tertiary/aromatic N) is 1. The highest BCUT2D eigenvalue weighted by Crippen LogP contribution is 2.31. The fourth-order valence-corrected chi connectivity index (χ4v) is 2.84. The molecular formula is C16H20N2O2. The number of hydrogen-bond donors (Lipinski definition) is 1. The summed E-state index contributed by atoms with van der Waals surface area (Å²) in [5, 5.41) is 4.71. The normalized spacial score (nSPS) is 25.4. The van der Waals surface area contributed by atoms with E-state index in [1.165, 1.54) is 0 Å². The van der Waals surface area contributed by atoms with E-state index in [9.17, 15) is 0 Å². The lowest BCUT2D eigenvalue weighted by Gasteiger charge is -2.43. The summed E-state index contributed by atoms with van der Waals surface area (Å²) < 4.78 is 11.2. The molecule has 20 heavy (non-hydrogen) atoms. The highest BCUT2D eigenvalue weighted by Gasteiger charge is 2.42. The van der Waals surface area contributed by atoms with E-state index in [1.54, 1.807) is 7.11 Å². The van der Waals surface area contributed by atoms with Crippen molar-refractivity contribution >= 4 is 16.6 Å². The fourth-order valence-electron chi connectivity index (χ4n) is 2.84. The van der Waals surface area contributed by atoms with Crippen molar-refractivity contribution in [3.05, 3.63) is 36.5 Å². The lowest BCUT2D eigenvalue weighted by molar-refractivity contribution is -0.117. The molecule has 0 bridgehead atoms. The molecule has 3 unspecified atom stereocenters. The molecule has 4 nitrogen and oxygen atoms in total. The summed E-state index contributed by atoms with van der Waals surface area (Å²) in [5.74, 6) is 0. The van der Waals surface area contributed by atoms with Gasteiger partial charge in [-0.3, -0.25) is 4.98 Å². The van der Waals surface area contributed by atoms with Gasteiger partial charge in [0.1, 0.15) is 6.10 Å². The van der Waals surface area contributed by atoms with Crippen molar-refractivity contribution in [2.45, 2.75) is 31.6 Å². The molecule has 3 rings (SSSR count). The Morgan fingerprint density at radius 1 is 1.30 bits per heavy atom. The number of ether oxygens (including phenoxy) is 2. The molecule has 1 aliphatic carbocycles. The van der Waals surface area contributed by atoms with Crippen molar-refractivity contribution in [3.8, 4) is 0 Å². The van der Waals surface area contributed by atoms with Crippen LogP contribution in [0.15, 0.2) is 36.5 Å². The summed E-state index contributed by atoms with van der Waals surface area (Å²) in [4.78, 5) is 4.38. The first-order valence-corrected chi connectivity index (χ1v) is 7.08. The lowest BCUT2D eigenvalue weighted by atomic mass is 9.85. The van der Waals surface area contributed by atoms with Crippen LogP contribution in [0, 0.1) is 0 Å². The van der Waals surface area contributed by atoms with Crippen molar-refractivity contribution < 1.29 is 9.47 Å². The van der Waals surface area contributed by atoms with Crippen LogP contribution < -0.4 is 5.32 Å². The van der Waals surface area contributed by atoms with Gasteiger partial charge in [-0.25, -0.2) is 0 Å². The van der Waals surface area contributed by atoms with E-state index in [2.05, 4.69) is 22.4 Å². The van der Waals surface area contributed by atoms with Gasteiger partial charge in [-0.2, -0.15) is 0 Å². The first-order chi connectivity index (χ1) is 9.83. The van der Waals surface area contributed by atoms with Gasteiger partial charge in [0.25, 0.3) is 0 Å². The Balaban J connectivity index is 1.77. The van der Waals surface area contributed by atoms with Crippen LogP contribution in [0.25, 0.3) is 10.9 Å². The summed E-state index contributed by atoms with van der Waals surface area (Å²) in [5.41, 5.74) is 2.12. The molecule has 1 aromatic heterocycles. The van der Waals surface area contributed by atoms with Crippen molar-refractivity contribution in [1.82, 2.24) is 4.98 Å². The van der Waals surface area contributed by atoms with Gasteiger partial charge in [-0.05, 0) is 37.6 Å². The van der Waals surface area contributed by atoms with Crippen molar-refractivity contribution in [1.29, 1.82) is 0 Å². The Labute approximate surface area is 119 Å². The number of aromatic nitrogens is 1. The molecular weight excluding hydrogens is 252 g/mol. The topological polar surface area (TPSA) is 43.4 Å². The van der Waals surface area contributed by atoms with Crippen LogP contribution in [0.4, 0.5) is 5.69 Å². The molecule has 1 aliphatic rings. The Kier molecular flexibility index (Phi) is 3.85. The Hall–Kier alpha value is -1.65. The Morgan fingerprint density at radius 3 is 3.00 bits per heavy atom. The molecule has 3 atom stereocenters. The number of pyridine rings is 1. The third kappa shape index (κ3) is 2.37. The molecule has 0 saturated heterocycles. The number of rotatable bonds is 5. The minimum atomic E-state index is 0.113. The van der Waals surface area contributed by atoms with Crippen LogP contribution in [0.2, 0.25) is 0 Å². The molecule has 1 heterocycles. The quantitative estimate of drug-likeness (QED) is 0.909. The van der Waals surface area contributed by atoms with E-state index in [0.29, 0.717) is 6.04 Å². The average molecular weight is 272 g/mol. The third-order valence-corrected chi connectivity index (χ3v) is 3.89. The molecule has 2 aromatic rings. The van der Waals surface area contributed by atoms with Gasteiger partial charge in [-0.1, -0.05) is 6.07 Å². The molecule has 106 valence electrons. The molecule has 0 radical (unpaired) electrons. The second-order valence-electron chi connectivity index (χ2n) is 5.06. The lowest BCUT2D eigenvalue weighted by Crippen LogP contribution is -2.56. The van der Waals surface area contributed by atoms with Crippen LogP contribution in [0.3, 0.4) is 0 Å². The van der Waals surface area contributed by atoms with Crippen molar-refractivity contribution in [2.24, 2.45) is 0 Å². The van der Waals surface area contributed by atoms with Crippen molar-refractivity contribution in [3.63, 3.8) is 0 Å². The second kappa shape index (κ2) is 5.77. The number of methoxy groups -OCH3 is 1. The molecule has 0 spiro atoms. The third-order valence-electron chi connectivity index (χ3n) is 3.89. The van der Waals surface area contributed by atoms with Gasteiger partial charge in [0.15, 0.2) is 0 Å². The molecule has 1 fully saturated rings. The molecule has 1 aromatic carbocycles. The summed E-state index contributed by atoms with van der Waals surface area (Å²) in [7, 11) is 1.75. The van der Waals surface area contributed by atoms with E-state index >= 15 is 0 Å². The molecule has 1 N–H and O–H groups in total. The van der Waals surface area contributed by atoms with Gasteiger partial charge in [0.2, 0.25) is 0 Å². The van der Waals surface area contributed by atoms with Gasteiger partial charge < -0.3 is 14.8 Å². The van der Waals surface area contributed by atoms with E-state index in [0.717, 1.165) is 29.6 Å². The number of benzene rings is 1. The highest BCUT2D eigenvalue weighted by atomic mass is 16.5. The van der Waals surface area contributed by atoms with Gasteiger partial charge in [0, 0.05) is 31.0 Å². The summed E-state index contributed by atoms with van der Waals surface area (Å²) in [6, 6.07) is 10.5. The predicted molar refractivity (Wildman–Crippen MR) is 80.0 cm³/mol. The maximum atomic E-state index is 5.66. The van der Waals surface area contributed by atoms with Crippen molar-refractivity contribution in [2.75, 3.05) is 19.0 Å². The standard InChI is InChI=1S/C16H20N2O2/c1-3-20-15-10-14(16(15)19-2)18-13-8-4-7-12-11(13)6-5-9-17-12/h4-9,14-16,18H,3,10H2,1-2H3. The first-order valence-electron chi connectivity index (χ1n) is 7.08. The zero-order valence-electron chi connectivity index (χ0n) is 11.9. The molecule has 1 saturated carbocycles. The zero-order valence-corrected chi connectivity index (χ0v) is 11.9. The van der Waals surface area contributed by atoms with E-state index in [-0.39, 0.29) is 12.2 Å². The van der Waals surface area contributed by atoms with Crippen LogP contribution in [-0.4, -0.2) is 37.0 Å². The monoisotopic (exact) mass is 272 g/mol. The van der Waals surface area contributed by atoms with E-state index in [1.807, 2.05) is 31.3 Å². The minimum Gasteiger partial charge on any atom is -0.379 e. The zero-order chi connectivity index (χ0) is 13.9. The number of nitrogens with one attached hydrogen (secondary N) is 1. The number of anilines is 1. The molecule has 0 amide bonds. The number of fused-ring (bicyclic) bond motifs is 1. The van der Waals surface area contributed by atoms with Gasteiger partial charge >= 0.3 is 0 Å². The summed E-state index contributed by atoms with van der Waals surface area (Å²) >= 11 is 0. The van der Waals surface area contributed by atoms with Crippen LogP contribution in [0.5, 0.6) is 0 Å². The second-order valence-corrected chi connectivity index (χ2v) is 5.06. The largest absolute Gasteiger partial charge is 0.379 e. The van der Waals surface area contributed by atoms with Gasteiger partial charge in [-0.15, -0.1) is 0 Å². The van der Waals surface area contributed by atoms with Gasteiger partial charge in [0.05, 0.1) is 17.7 Å². The van der Waals surface area contributed by atoms with E-state index in [4.69, 9.17) is 9.47 Å². The first kappa shape index (κ1) is 13.3. The summed E-state index contributed by atoms with van der Waals surface area (Å²) in [6.45, 7) is 2.75. The minimum absolute atomic E-state index is 0.113. The molecule has 0 aliphatic heterocycles. The van der Waals surface area contributed by atoms with Crippen LogP contribution in [0.1, 0.15) is 13.3 Å². The van der Waals surface area contributed by atoms with E-state index < -0.39 is 0 Å². The summed E-state index contributed by atoms with van der Waals surface area (Å²) in [6.07, 6.45) is 3.11. The highest BCUT2D eigenvalue weighted by molar-refractivity contribution is 5.91. The fraction of sp³-hybridized carbons (Fsp3) is 0.438. The maximum Gasteiger partial charge on any atom is 0.103 e. The SMILES string of the molecule is CCOC1CC(Nc2cccc3ncccc23)C1OC. The maximum absolute atomic E-state index is 5.66. The molecule has 4 heteroatoms. The van der Waals surface area contributed by atoms with Crippen LogP contribution in [-0.2, 0) is 9.47 Å².